The van der Waals surface area contributed by atoms with Crippen molar-refractivity contribution < 1.29 is 4.74 Å². The van der Waals surface area contributed by atoms with Crippen LogP contribution in [0.4, 0.5) is 11.4 Å². The maximum Gasteiger partial charge on any atom is 0.101 e. The molecule has 4 rings (SSSR count). The van der Waals surface area contributed by atoms with E-state index >= 15 is 0 Å². The van der Waals surface area contributed by atoms with Crippen molar-refractivity contribution >= 4 is 23.3 Å². The standard InChI is InChI=1S/C29H34N4OS/c1-31(2)19-20-34-27-15-17-32(18-16-27)29-14-13-26(21-25(29)22-30)33(23-24-9-5-3-6-10-24)35-28-11-7-4-8-12-28/h3-14,21,27H,15-20,23H2,1-2H3. The van der Waals surface area contributed by atoms with Crippen molar-refractivity contribution in [3.63, 3.8) is 0 Å². The molecule has 0 aromatic heterocycles. The second-order valence-electron chi connectivity index (χ2n) is 9.10. The van der Waals surface area contributed by atoms with Crippen LogP contribution in [0.2, 0.25) is 0 Å². The van der Waals surface area contributed by atoms with Crippen molar-refractivity contribution in [3.05, 3.63) is 90.0 Å². The molecule has 35 heavy (non-hydrogen) atoms. The van der Waals surface area contributed by atoms with Gasteiger partial charge >= 0.3 is 0 Å². The first-order chi connectivity index (χ1) is 17.1. The van der Waals surface area contributed by atoms with Crippen LogP contribution in [0.5, 0.6) is 0 Å². The van der Waals surface area contributed by atoms with Gasteiger partial charge in [0.05, 0.1) is 30.5 Å². The number of nitriles is 1. The van der Waals surface area contributed by atoms with Crippen molar-refractivity contribution in [2.75, 3.05) is 49.5 Å². The number of rotatable bonds is 10. The molecule has 0 N–H and O–H groups in total. The Morgan fingerprint density at radius 1 is 0.971 bits per heavy atom. The summed E-state index contributed by atoms with van der Waals surface area (Å²) < 4.78 is 8.32. The van der Waals surface area contributed by atoms with E-state index < -0.39 is 0 Å². The van der Waals surface area contributed by atoms with Gasteiger partial charge in [0.25, 0.3) is 0 Å². The molecule has 1 heterocycles. The summed E-state index contributed by atoms with van der Waals surface area (Å²) in [7, 11) is 4.14. The van der Waals surface area contributed by atoms with Crippen LogP contribution in [0.3, 0.4) is 0 Å². The topological polar surface area (TPSA) is 42.7 Å². The molecule has 182 valence electrons. The highest BCUT2D eigenvalue weighted by molar-refractivity contribution is 8.00. The van der Waals surface area contributed by atoms with Crippen molar-refractivity contribution in [3.8, 4) is 6.07 Å². The molecule has 3 aromatic carbocycles. The summed E-state index contributed by atoms with van der Waals surface area (Å²) in [4.78, 5) is 5.65. The summed E-state index contributed by atoms with van der Waals surface area (Å²) in [5, 5.41) is 10.0. The van der Waals surface area contributed by atoms with Crippen LogP contribution >= 0.6 is 11.9 Å². The van der Waals surface area contributed by atoms with Crippen LogP contribution < -0.4 is 9.21 Å². The van der Waals surface area contributed by atoms with E-state index in [0.29, 0.717) is 6.10 Å². The molecule has 6 heteroatoms. The van der Waals surface area contributed by atoms with Gasteiger partial charge in [-0.2, -0.15) is 5.26 Å². The second-order valence-corrected chi connectivity index (χ2v) is 10.2. The van der Waals surface area contributed by atoms with Gasteiger partial charge in [0, 0.05) is 30.2 Å². The molecule has 1 fully saturated rings. The van der Waals surface area contributed by atoms with Gasteiger partial charge in [0.1, 0.15) is 6.07 Å². The summed E-state index contributed by atoms with van der Waals surface area (Å²) >= 11 is 1.70. The van der Waals surface area contributed by atoms with E-state index in [4.69, 9.17) is 4.74 Å². The van der Waals surface area contributed by atoms with Crippen LogP contribution in [0.25, 0.3) is 0 Å². The van der Waals surface area contributed by atoms with Crippen molar-refractivity contribution in [1.82, 2.24) is 4.90 Å². The Hall–Kier alpha value is -2.98. The zero-order valence-electron chi connectivity index (χ0n) is 20.6. The number of nitrogens with zero attached hydrogens (tertiary/aromatic N) is 4. The maximum absolute atomic E-state index is 10.0. The largest absolute Gasteiger partial charge is 0.377 e. The normalized spacial score (nSPS) is 14.2. The molecule has 1 aliphatic heterocycles. The van der Waals surface area contributed by atoms with E-state index in [1.165, 1.54) is 10.5 Å². The highest BCUT2D eigenvalue weighted by Gasteiger charge is 2.22. The molecule has 3 aromatic rings. The molecule has 0 spiro atoms. The minimum absolute atomic E-state index is 0.305. The molecule has 0 radical (unpaired) electrons. The number of hydrogen-bond acceptors (Lipinski definition) is 6. The zero-order chi connectivity index (χ0) is 24.5. The summed E-state index contributed by atoms with van der Waals surface area (Å²) in [5.41, 5.74) is 4.01. The fourth-order valence-corrected chi connectivity index (χ4v) is 5.21. The van der Waals surface area contributed by atoms with Gasteiger partial charge in [-0.1, -0.05) is 48.5 Å². The van der Waals surface area contributed by atoms with E-state index in [1.807, 2.05) is 18.2 Å². The van der Waals surface area contributed by atoms with E-state index in [-0.39, 0.29) is 0 Å². The lowest BCUT2D eigenvalue weighted by Gasteiger charge is -2.34. The predicted molar refractivity (Wildman–Crippen MR) is 146 cm³/mol. The van der Waals surface area contributed by atoms with Gasteiger partial charge in [-0.05, 0) is 74.8 Å². The minimum Gasteiger partial charge on any atom is -0.377 e. The smallest absolute Gasteiger partial charge is 0.101 e. The maximum atomic E-state index is 10.0. The quantitative estimate of drug-likeness (QED) is 0.337. The van der Waals surface area contributed by atoms with Crippen LogP contribution in [0, 0.1) is 11.3 Å². The van der Waals surface area contributed by atoms with Gasteiger partial charge in [-0.3, -0.25) is 0 Å². The van der Waals surface area contributed by atoms with Crippen LogP contribution in [-0.4, -0.2) is 51.3 Å². The van der Waals surface area contributed by atoms with Gasteiger partial charge < -0.3 is 18.8 Å². The number of ether oxygens (including phenoxy) is 1. The predicted octanol–water partition coefficient (Wildman–Crippen LogP) is 5.82. The Kier molecular flexibility index (Phi) is 9.08. The number of anilines is 2. The SMILES string of the molecule is CN(C)CCOC1CCN(c2ccc(N(Cc3ccccc3)Sc3ccccc3)cc2C#N)CC1. The summed E-state index contributed by atoms with van der Waals surface area (Å²) in [6.07, 6.45) is 2.29. The lowest BCUT2D eigenvalue weighted by atomic mass is 10.0. The summed E-state index contributed by atoms with van der Waals surface area (Å²) in [5.74, 6) is 0. The molecule has 1 saturated heterocycles. The van der Waals surface area contributed by atoms with Crippen molar-refractivity contribution in [1.29, 1.82) is 5.26 Å². The average Bonchev–Trinajstić information content (AvgIpc) is 2.89. The Morgan fingerprint density at radius 3 is 2.31 bits per heavy atom. The molecule has 5 nitrogen and oxygen atoms in total. The summed E-state index contributed by atoms with van der Waals surface area (Å²) in [6.45, 7) is 4.29. The number of piperidine rings is 1. The zero-order valence-corrected chi connectivity index (χ0v) is 21.5. The van der Waals surface area contributed by atoms with Crippen molar-refractivity contribution in [2.24, 2.45) is 0 Å². The molecule has 0 aliphatic carbocycles. The highest BCUT2D eigenvalue weighted by Crippen LogP contribution is 2.34. The molecular formula is C29H34N4OS. The Balaban J connectivity index is 1.48. The van der Waals surface area contributed by atoms with Gasteiger partial charge in [-0.25, -0.2) is 0 Å². The third-order valence-corrected chi connectivity index (χ3v) is 7.23. The Morgan fingerprint density at radius 2 is 1.66 bits per heavy atom. The first-order valence-corrected chi connectivity index (χ1v) is 13.0. The molecule has 0 saturated carbocycles. The third-order valence-electron chi connectivity index (χ3n) is 6.19. The molecule has 1 aliphatic rings. The Bertz CT molecular complexity index is 1050. The molecule has 0 unspecified atom stereocenters. The number of likely N-dealkylation sites (N-methyl/N-ethyl adjacent to an activating group) is 1. The van der Waals surface area contributed by atoms with E-state index in [2.05, 4.69) is 94.9 Å². The van der Waals surface area contributed by atoms with E-state index in [0.717, 1.165) is 62.6 Å². The van der Waals surface area contributed by atoms with Crippen LogP contribution in [-0.2, 0) is 11.3 Å². The third kappa shape index (κ3) is 7.25. The lowest BCUT2D eigenvalue weighted by Crippen LogP contribution is -2.38. The molecule has 0 amide bonds. The van der Waals surface area contributed by atoms with Crippen molar-refractivity contribution in [2.45, 2.75) is 30.4 Å². The fraction of sp³-hybridized carbons (Fsp3) is 0.345. The van der Waals surface area contributed by atoms with E-state index in [1.54, 1.807) is 11.9 Å². The van der Waals surface area contributed by atoms with E-state index in [9.17, 15) is 5.26 Å². The fourth-order valence-electron chi connectivity index (χ4n) is 4.24. The molecular weight excluding hydrogens is 452 g/mol. The van der Waals surface area contributed by atoms with Gasteiger partial charge in [0.2, 0.25) is 0 Å². The monoisotopic (exact) mass is 486 g/mol. The molecule has 0 atom stereocenters. The number of benzene rings is 3. The number of hydrogen-bond donors (Lipinski definition) is 0. The average molecular weight is 487 g/mol. The second kappa shape index (κ2) is 12.6. The lowest BCUT2D eigenvalue weighted by molar-refractivity contribution is 0.0294. The van der Waals surface area contributed by atoms with Gasteiger partial charge in [-0.15, -0.1) is 0 Å². The molecule has 0 bridgehead atoms. The first kappa shape index (κ1) is 25.1. The summed E-state index contributed by atoms with van der Waals surface area (Å²) in [6, 6.07) is 29.6. The highest BCUT2D eigenvalue weighted by atomic mass is 32.2. The Labute approximate surface area is 214 Å². The van der Waals surface area contributed by atoms with Gasteiger partial charge in [0.15, 0.2) is 0 Å². The first-order valence-electron chi connectivity index (χ1n) is 12.2. The van der Waals surface area contributed by atoms with Crippen LogP contribution in [0.1, 0.15) is 24.0 Å². The van der Waals surface area contributed by atoms with Crippen LogP contribution in [0.15, 0.2) is 83.8 Å². The minimum atomic E-state index is 0.305.